The fraction of sp³-hybridized carbons (Fsp3) is 0.214. The van der Waals surface area contributed by atoms with Gasteiger partial charge in [-0.1, -0.05) is 23.5 Å². The van der Waals surface area contributed by atoms with Crippen LogP contribution in [0.1, 0.15) is 51.2 Å². The lowest BCUT2D eigenvalue weighted by molar-refractivity contribution is 0.0699. The first-order valence-electron chi connectivity index (χ1n) is 11.4. The molecule has 1 amide bonds. The van der Waals surface area contributed by atoms with Crippen molar-refractivity contribution in [3.63, 3.8) is 0 Å². The maximum atomic E-state index is 13.0. The third kappa shape index (κ3) is 6.14. The SMILES string of the molecule is COC[C@H](CC1=CC=C(O)CC1)NC(=O)c1cc(C(=O)O)c2cc(C#Cc3cccnc3)ccc2n1. The number of rotatable bonds is 7. The minimum Gasteiger partial charge on any atom is -0.512 e. The first-order chi connectivity index (χ1) is 17.4. The Kier molecular flexibility index (Phi) is 7.73. The molecule has 1 aromatic carbocycles. The molecule has 8 nitrogen and oxygen atoms in total. The monoisotopic (exact) mass is 483 g/mol. The molecule has 36 heavy (non-hydrogen) atoms. The summed E-state index contributed by atoms with van der Waals surface area (Å²) in [6.45, 7) is 0.275. The van der Waals surface area contributed by atoms with Crippen molar-refractivity contribution in [3.8, 4) is 11.8 Å². The van der Waals surface area contributed by atoms with E-state index in [0.717, 1.165) is 11.1 Å². The van der Waals surface area contributed by atoms with Gasteiger partial charge in [0.25, 0.3) is 5.91 Å². The van der Waals surface area contributed by atoms with E-state index in [1.807, 2.05) is 12.1 Å². The minimum atomic E-state index is -1.17. The number of aliphatic hydroxyl groups is 1. The van der Waals surface area contributed by atoms with Crippen molar-refractivity contribution in [2.24, 2.45) is 0 Å². The molecule has 3 aromatic rings. The summed E-state index contributed by atoms with van der Waals surface area (Å²) in [6.07, 6.45) is 8.61. The molecule has 0 unspecified atom stereocenters. The molecule has 4 rings (SSSR count). The van der Waals surface area contributed by atoms with Crippen LogP contribution in [0.2, 0.25) is 0 Å². The maximum absolute atomic E-state index is 13.0. The molecule has 1 atom stereocenters. The largest absolute Gasteiger partial charge is 0.512 e. The lowest BCUT2D eigenvalue weighted by atomic mass is 9.97. The quantitative estimate of drug-likeness (QED) is 0.434. The average molecular weight is 484 g/mol. The first kappa shape index (κ1) is 24.6. The Hall–Kier alpha value is -4.48. The van der Waals surface area contributed by atoms with Crippen molar-refractivity contribution in [1.29, 1.82) is 0 Å². The Bertz CT molecular complexity index is 1420. The predicted molar refractivity (Wildman–Crippen MR) is 135 cm³/mol. The molecule has 0 radical (unpaired) electrons. The zero-order valence-electron chi connectivity index (χ0n) is 19.7. The summed E-state index contributed by atoms with van der Waals surface area (Å²) in [5.74, 6) is 4.68. The number of hydrogen-bond acceptors (Lipinski definition) is 6. The second-order valence-corrected chi connectivity index (χ2v) is 8.40. The lowest BCUT2D eigenvalue weighted by Gasteiger charge is -2.21. The zero-order valence-corrected chi connectivity index (χ0v) is 19.7. The topological polar surface area (TPSA) is 122 Å². The van der Waals surface area contributed by atoms with Crippen LogP contribution in [-0.2, 0) is 4.74 Å². The van der Waals surface area contributed by atoms with Gasteiger partial charge in [-0.25, -0.2) is 9.78 Å². The van der Waals surface area contributed by atoms with E-state index >= 15 is 0 Å². The van der Waals surface area contributed by atoms with Crippen molar-refractivity contribution in [3.05, 3.63) is 94.7 Å². The van der Waals surface area contributed by atoms with Gasteiger partial charge in [-0.2, -0.15) is 0 Å². The van der Waals surface area contributed by atoms with Crippen LogP contribution < -0.4 is 5.32 Å². The molecule has 3 N–H and O–H groups in total. The average Bonchev–Trinajstić information content (AvgIpc) is 2.88. The van der Waals surface area contributed by atoms with E-state index in [0.29, 0.717) is 41.5 Å². The molecule has 0 saturated heterocycles. The number of amides is 1. The standard InChI is InChI=1S/C28H25N3O5/c1-36-17-21(13-18-6-9-22(32)10-7-18)30-27(33)26-15-24(28(34)35)23-14-19(8-11-25(23)31-26)4-5-20-3-2-12-29-16-20/h2-3,6,8-9,11-12,14-16,21,32H,7,10,13,17H2,1H3,(H,30,33)(H,34,35)/t21-/m0/s1. The van der Waals surface area contributed by atoms with Crippen LogP contribution in [0.3, 0.4) is 0 Å². The van der Waals surface area contributed by atoms with Crippen LogP contribution in [0.5, 0.6) is 0 Å². The van der Waals surface area contributed by atoms with Crippen molar-refractivity contribution >= 4 is 22.8 Å². The Balaban J connectivity index is 1.59. The molecular weight excluding hydrogens is 458 g/mol. The molecule has 1 aliphatic carbocycles. The number of ether oxygens (including phenoxy) is 1. The number of benzene rings is 1. The summed E-state index contributed by atoms with van der Waals surface area (Å²) >= 11 is 0. The van der Waals surface area contributed by atoms with Gasteiger partial charge in [0.2, 0.25) is 0 Å². The predicted octanol–water partition coefficient (Wildman–Crippen LogP) is 4.02. The molecule has 0 bridgehead atoms. The highest BCUT2D eigenvalue weighted by Gasteiger charge is 2.20. The number of fused-ring (bicyclic) bond motifs is 1. The number of methoxy groups -OCH3 is 1. The first-order valence-corrected chi connectivity index (χ1v) is 11.4. The van der Waals surface area contributed by atoms with Crippen molar-refractivity contribution < 1.29 is 24.5 Å². The Morgan fingerprint density at radius 3 is 2.67 bits per heavy atom. The number of hydrogen-bond donors (Lipinski definition) is 3. The van der Waals surface area contributed by atoms with Crippen LogP contribution in [0.4, 0.5) is 0 Å². The number of carbonyl (C=O) groups is 2. The van der Waals surface area contributed by atoms with Crippen LogP contribution >= 0.6 is 0 Å². The highest BCUT2D eigenvalue weighted by atomic mass is 16.5. The van der Waals surface area contributed by atoms with Crippen molar-refractivity contribution in [2.45, 2.75) is 25.3 Å². The van der Waals surface area contributed by atoms with Gasteiger partial charge in [-0.3, -0.25) is 9.78 Å². The number of allylic oxidation sites excluding steroid dienone is 3. The Labute approximate surface area is 208 Å². The fourth-order valence-electron chi connectivity index (χ4n) is 3.95. The van der Waals surface area contributed by atoms with Crippen molar-refractivity contribution in [2.75, 3.05) is 13.7 Å². The Morgan fingerprint density at radius 2 is 1.97 bits per heavy atom. The molecule has 2 heterocycles. The van der Waals surface area contributed by atoms with Gasteiger partial charge in [0.1, 0.15) is 5.69 Å². The highest BCUT2D eigenvalue weighted by Crippen LogP contribution is 2.22. The van der Waals surface area contributed by atoms with Gasteiger partial charge in [0, 0.05) is 42.4 Å². The second kappa shape index (κ2) is 11.3. The third-order valence-corrected chi connectivity index (χ3v) is 5.71. The van der Waals surface area contributed by atoms with Gasteiger partial charge < -0.3 is 20.3 Å². The fourth-order valence-corrected chi connectivity index (χ4v) is 3.95. The van der Waals surface area contributed by atoms with E-state index in [1.54, 1.807) is 49.8 Å². The smallest absolute Gasteiger partial charge is 0.336 e. The number of carbonyl (C=O) groups excluding carboxylic acids is 1. The van der Waals surface area contributed by atoms with Crippen molar-refractivity contribution in [1.82, 2.24) is 15.3 Å². The van der Waals surface area contributed by atoms with E-state index in [2.05, 4.69) is 27.1 Å². The lowest BCUT2D eigenvalue weighted by Crippen LogP contribution is -2.39. The molecule has 8 heteroatoms. The van der Waals surface area contributed by atoms with E-state index < -0.39 is 11.9 Å². The van der Waals surface area contributed by atoms with Crippen LogP contribution in [0, 0.1) is 11.8 Å². The number of nitrogens with one attached hydrogen (secondary N) is 1. The molecule has 0 aliphatic heterocycles. The van der Waals surface area contributed by atoms with Crippen LogP contribution in [-0.4, -0.2) is 51.8 Å². The molecular formula is C28H25N3O5. The zero-order chi connectivity index (χ0) is 25.5. The van der Waals surface area contributed by atoms with Gasteiger partial charge in [0.05, 0.1) is 29.5 Å². The number of carboxylic acid groups (broad SMARTS) is 1. The van der Waals surface area contributed by atoms with Gasteiger partial charge in [-0.15, -0.1) is 0 Å². The maximum Gasteiger partial charge on any atom is 0.336 e. The summed E-state index contributed by atoms with van der Waals surface area (Å²) in [6, 6.07) is 9.61. The number of aromatic carboxylic acids is 1. The number of pyridine rings is 2. The summed E-state index contributed by atoms with van der Waals surface area (Å²) in [5.41, 5.74) is 2.79. The summed E-state index contributed by atoms with van der Waals surface area (Å²) in [4.78, 5) is 33.5. The summed E-state index contributed by atoms with van der Waals surface area (Å²) in [5, 5.41) is 22.7. The molecule has 2 aromatic heterocycles. The number of aliphatic hydroxyl groups excluding tert-OH is 1. The molecule has 1 aliphatic rings. The highest BCUT2D eigenvalue weighted by molar-refractivity contribution is 6.06. The van der Waals surface area contributed by atoms with E-state index in [-0.39, 0.29) is 23.9 Å². The molecule has 182 valence electrons. The molecule has 0 fully saturated rings. The molecule has 0 spiro atoms. The number of aromatic nitrogens is 2. The van der Waals surface area contributed by atoms with E-state index in [9.17, 15) is 19.8 Å². The second-order valence-electron chi connectivity index (χ2n) is 8.40. The minimum absolute atomic E-state index is 0.00496. The van der Waals surface area contributed by atoms with E-state index in [4.69, 9.17) is 4.74 Å². The van der Waals surface area contributed by atoms with Gasteiger partial charge in [0.15, 0.2) is 0 Å². The van der Waals surface area contributed by atoms with Gasteiger partial charge >= 0.3 is 5.97 Å². The number of nitrogens with zero attached hydrogens (tertiary/aromatic N) is 2. The molecule has 0 saturated carbocycles. The van der Waals surface area contributed by atoms with Crippen LogP contribution in [0.15, 0.2) is 72.3 Å². The summed E-state index contributed by atoms with van der Waals surface area (Å²) < 4.78 is 5.27. The normalized spacial score (nSPS) is 13.7. The summed E-state index contributed by atoms with van der Waals surface area (Å²) in [7, 11) is 1.55. The van der Waals surface area contributed by atoms with Crippen LogP contribution in [0.25, 0.3) is 10.9 Å². The Morgan fingerprint density at radius 1 is 1.14 bits per heavy atom. The van der Waals surface area contributed by atoms with Gasteiger partial charge in [-0.05, 0) is 55.3 Å². The third-order valence-electron chi connectivity index (χ3n) is 5.71. The number of carboxylic acids is 1. The van der Waals surface area contributed by atoms with E-state index in [1.165, 1.54) is 6.07 Å².